The van der Waals surface area contributed by atoms with Gasteiger partial charge in [-0.25, -0.2) is 0 Å². The summed E-state index contributed by atoms with van der Waals surface area (Å²) in [5.41, 5.74) is 4.14. The Bertz CT molecular complexity index is 253. The van der Waals surface area contributed by atoms with Crippen LogP contribution < -0.4 is 5.32 Å². The third-order valence-corrected chi connectivity index (χ3v) is 1.98. The highest BCUT2D eigenvalue weighted by molar-refractivity contribution is 5.56. The largest absolute Gasteiger partial charge is 0.384 e. The van der Waals surface area contributed by atoms with E-state index in [1.165, 1.54) is 23.2 Å². The number of nitrogens with one attached hydrogen (secondary N) is 1. The molecule has 0 saturated heterocycles. The Morgan fingerprint density at radius 2 is 2.00 bits per heavy atom. The van der Waals surface area contributed by atoms with Gasteiger partial charge in [0.25, 0.3) is 0 Å². The van der Waals surface area contributed by atoms with Gasteiger partial charge in [-0.2, -0.15) is 0 Å². The summed E-state index contributed by atoms with van der Waals surface area (Å²) in [7, 11) is 0. The van der Waals surface area contributed by atoms with Crippen LogP contribution in [0.25, 0.3) is 0 Å². The first kappa shape index (κ1) is 9.11. The third-order valence-electron chi connectivity index (χ3n) is 1.98. The van der Waals surface area contributed by atoms with Crippen molar-refractivity contribution < 1.29 is 0 Å². The molecule has 0 amide bonds. The van der Waals surface area contributed by atoms with Crippen LogP contribution >= 0.6 is 0 Å². The van der Waals surface area contributed by atoms with E-state index >= 15 is 0 Å². The minimum atomic E-state index is 1.11. The predicted molar refractivity (Wildman–Crippen MR) is 54.7 cm³/mol. The lowest BCUT2D eigenvalue weighted by molar-refractivity contribution is 1.11. The fourth-order valence-electron chi connectivity index (χ4n) is 1.40. The topological polar surface area (TPSA) is 12.0 Å². The molecule has 0 fully saturated rings. The Balaban J connectivity index is 0.000000336. The Morgan fingerprint density at radius 1 is 1.25 bits per heavy atom. The van der Waals surface area contributed by atoms with Gasteiger partial charge in [-0.1, -0.05) is 26.0 Å². The van der Waals surface area contributed by atoms with Crippen LogP contribution in [0.4, 0.5) is 5.69 Å². The summed E-state index contributed by atoms with van der Waals surface area (Å²) < 4.78 is 0. The maximum Gasteiger partial charge on any atom is 0.0376 e. The molecule has 2 rings (SSSR count). The van der Waals surface area contributed by atoms with Crippen molar-refractivity contribution in [2.45, 2.75) is 27.2 Å². The lowest BCUT2D eigenvalue weighted by Crippen LogP contribution is -1.90. The van der Waals surface area contributed by atoms with Crippen molar-refractivity contribution in [2.75, 3.05) is 11.9 Å². The molecule has 0 aromatic heterocycles. The van der Waals surface area contributed by atoms with Crippen molar-refractivity contribution in [3.05, 3.63) is 29.3 Å². The molecule has 0 saturated carbocycles. The van der Waals surface area contributed by atoms with E-state index in [0.29, 0.717) is 0 Å². The molecule has 0 unspecified atom stereocenters. The van der Waals surface area contributed by atoms with E-state index in [4.69, 9.17) is 0 Å². The molecule has 0 radical (unpaired) electrons. The monoisotopic (exact) mass is 163 g/mol. The average molecular weight is 163 g/mol. The van der Waals surface area contributed by atoms with Crippen LogP contribution in [0.5, 0.6) is 0 Å². The Labute approximate surface area is 74.8 Å². The second-order valence-corrected chi connectivity index (χ2v) is 2.84. The standard InChI is InChI=1S/C9H11N.C2H6/c1-7-2-3-8-4-5-10-9(8)6-7;1-2/h2-3,6,10H,4-5H2,1H3;1-2H3. The van der Waals surface area contributed by atoms with Gasteiger partial charge < -0.3 is 5.32 Å². The molecular formula is C11H17N. The summed E-state index contributed by atoms with van der Waals surface area (Å²) in [6.07, 6.45) is 1.19. The van der Waals surface area contributed by atoms with Gasteiger partial charge >= 0.3 is 0 Å². The molecule has 1 N–H and O–H groups in total. The first-order valence-corrected chi connectivity index (χ1v) is 4.70. The van der Waals surface area contributed by atoms with E-state index in [-0.39, 0.29) is 0 Å². The zero-order chi connectivity index (χ0) is 8.97. The van der Waals surface area contributed by atoms with E-state index in [1.807, 2.05) is 13.8 Å². The summed E-state index contributed by atoms with van der Waals surface area (Å²) in [5.74, 6) is 0. The SMILES string of the molecule is CC.Cc1ccc2c(c1)NCC2. The average Bonchev–Trinajstić information content (AvgIpc) is 2.54. The summed E-state index contributed by atoms with van der Waals surface area (Å²) >= 11 is 0. The van der Waals surface area contributed by atoms with Crippen LogP contribution in [0, 0.1) is 6.92 Å². The van der Waals surface area contributed by atoms with Gasteiger partial charge in [-0.15, -0.1) is 0 Å². The predicted octanol–water partition coefficient (Wildman–Crippen LogP) is 2.99. The van der Waals surface area contributed by atoms with Crippen LogP contribution in [0.3, 0.4) is 0 Å². The maximum atomic E-state index is 3.34. The number of hydrogen-bond donors (Lipinski definition) is 1. The Hall–Kier alpha value is -0.980. The maximum absolute atomic E-state index is 3.34. The summed E-state index contributed by atoms with van der Waals surface area (Å²) in [5, 5.41) is 3.34. The highest BCUT2D eigenvalue weighted by Crippen LogP contribution is 2.22. The van der Waals surface area contributed by atoms with Crippen LogP contribution in [0.2, 0.25) is 0 Å². The molecule has 1 aliphatic heterocycles. The molecular weight excluding hydrogens is 146 g/mol. The van der Waals surface area contributed by atoms with Crippen LogP contribution in [-0.2, 0) is 6.42 Å². The Morgan fingerprint density at radius 3 is 2.75 bits per heavy atom. The highest BCUT2D eigenvalue weighted by atomic mass is 14.9. The molecule has 1 aromatic rings. The fraction of sp³-hybridized carbons (Fsp3) is 0.455. The molecule has 1 heterocycles. The first-order valence-electron chi connectivity index (χ1n) is 4.70. The number of hydrogen-bond acceptors (Lipinski definition) is 1. The van der Waals surface area contributed by atoms with Crippen LogP contribution in [-0.4, -0.2) is 6.54 Å². The number of aryl methyl sites for hydroxylation is 1. The molecule has 0 spiro atoms. The number of rotatable bonds is 0. The van der Waals surface area contributed by atoms with Crippen molar-refractivity contribution in [3.63, 3.8) is 0 Å². The van der Waals surface area contributed by atoms with Gasteiger partial charge in [-0.3, -0.25) is 0 Å². The second-order valence-electron chi connectivity index (χ2n) is 2.84. The highest BCUT2D eigenvalue weighted by Gasteiger charge is 2.07. The lowest BCUT2D eigenvalue weighted by atomic mass is 10.1. The smallest absolute Gasteiger partial charge is 0.0376 e. The number of anilines is 1. The molecule has 1 nitrogen and oxygen atoms in total. The van der Waals surface area contributed by atoms with Crippen LogP contribution in [0.1, 0.15) is 25.0 Å². The molecule has 66 valence electrons. The molecule has 1 aliphatic rings. The van der Waals surface area contributed by atoms with E-state index in [9.17, 15) is 0 Å². The first-order chi connectivity index (χ1) is 5.86. The van der Waals surface area contributed by atoms with Gasteiger partial charge in [-0.05, 0) is 30.5 Å². The number of benzene rings is 1. The third kappa shape index (κ3) is 1.79. The Kier molecular flexibility index (Phi) is 3.15. The minimum Gasteiger partial charge on any atom is -0.384 e. The molecule has 12 heavy (non-hydrogen) atoms. The van der Waals surface area contributed by atoms with Crippen molar-refractivity contribution in [1.82, 2.24) is 0 Å². The van der Waals surface area contributed by atoms with Gasteiger partial charge in [0.1, 0.15) is 0 Å². The van der Waals surface area contributed by atoms with Gasteiger partial charge in [0, 0.05) is 12.2 Å². The van der Waals surface area contributed by atoms with Gasteiger partial charge in [0.05, 0.1) is 0 Å². The van der Waals surface area contributed by atoms with Crippen LogP contribution in [0.15, 0.2) is 18.2 Å². The fourth-order valence-corrected chi connectivity index (χ4v) is 1.40. The summed E-state index contributed by atoms with van der Waals surface area (Å²) in [6, 6.07) is 6.60. The van der Waals surface area contributed by atoms with Crippen molar-refractivity contribution >= 4 is 5.69 Å². The van der Waals surface area contributed by atoms with E-state index < -0.39 is 0 Å². The molecule has 0 atom stereocenters. The van der Waals surface area contributed by atoms with E-state index in [1.54, 1.807) is 0 Å². The van der Waals surface area contributed by atoms with E-state index in [0.717, 1.165) is 6.54 Å². The van der Waals surface area contributed by atoms with E-state index in [2.05, 4.69) is 30.4 Å². The minimum absolute atomic E-state index is 1.11. The van der Waals surface area contributed by atoms with Gasteiger partial charge in [0.15, 0.2) is 0 Å². The van der Waals surface area contributed by atoms with Crippen molar-refractivity contribution in [1.29, 1.82) is 0 Å². The molecule has 0 bridgehead atoms. The normalized spacial score (nSPS) is 12.6. The second kappa shape index (κ2) is 4.15. The molecule has 1 heteroatoms. The van der Waals surface area contributed by atoms with Gasteiger partial charge in [0.2, 0.25) is 0 Å². The molecule has 1 aromatic carbocycles. The zero-order valence-corrected chi connectivity index (χ0v) is 8.15. The number of fused-ring (bicyclic) bond motifs is 1. The molecule has 0 aliphatic carbocycles. The lowest BCUT2D eigenvalue weighted by Gasteiger charge is -1.98. The van der Waals surface area contributed by atoms with Crippen molar-refractivity contribution in [2.24, 2.45) is 0 Å². The van der Waals surface area contributed by atoms with Crippen molar-refractivity contribution in [3.8, 4) is 0 Å². The zero-order valence-electron chi connectivity index (χ0n) is 8.15. The quantitative estimate of drug-likeness (QED) is 0.620. The summed E-state index contributed by atoms with van der Waals surface area (Å²) in [4.78, 5) is 0. The summed E-state index contributed by atoms with van der Waals surface area (Å²) in [6.45, 7) is 7.24.